The molecule has 0 radical (unpaired) electrons. The van der Waals surface area contributed by atoms with Gasteiger partial charge in [-0.15, -0.1) is 0 Å². The number of aliphatic hydroxyl groups is 1. The van der Waals surface area contributed by atoms with E-state index in [2.05, 4.69) is 5.10 Å². The van der Waals surface area contributed by atoms with Crippen molar-refractivity contribution in [1.29, 1.82) is 0 Å². The number of nitrogens with two attached hydrogens (primary N) is 1. The number of nitrogen functional groups attached to an aromatic ring is 1. The van der Waals surface area contributed by atoms with Gasteiger partial charge in [0.25, 0.3) is 0 Å². The molecule has 1 aliphatic carbocycles. The van der Waals surface area contributed by atoms with Crippen molar-refractivity contribution in [3.05, 3.63) is 5.69 Å². The van der Waals surface area contributed by atoms with E-state index in [9.17, 15) is 5.11 Å². The Labute approximate surface area is 102 Å². The van der Waals surface area contributed by atoms with Crippen molar-refractivity contribution < 1.29 is 5.11 Å². The first-order valence-corrected chi connectivity index (χ1v) is 6.15. The van der Waals surface area contributed by atoms with Crippen molar-refractivity contribution in [3.63, 3.8) is 0 Å². The second-order valence-electron chi connectivity index (χ2n) is 5.23. The van der Waals surface area contributed by atoms with Crippen molar-refractivity contribution >= 4 is 11.5 Å². The number of nitrogens with zero attached hydrogens (tertiary/aromatic N) is 3. The summed E-state index contributed by atoms with van der Waals surface area (Å²) < 4.78 is 1.78. The Hall–Kier alpha value is -1.23. The van der Waals surface area contributed by atoms with E-state index >= 15 is 0 Å². The maximum absolute atomic E-state index is 10.4. The molecular formula is C12H22N4O. The zero-order chi connectivity index (χ0) is 12.6. The van der Waals surface area contributed by atoms with Crippen LogP contribution in [0.25, 0.3) is 0 Å². The van der Waals surface area contributed by atoms with Gasteiger partial charge in [0, 0.05) is 20.6 Å². The summed E-state index contributed by atoms with van der Waals surface area (Å²) in [6.45, 7) is 2.52. The van der Waals surface area contributed by atoms with E-state index in [1.54, 1.807) is 4.68 Å². The zero-order valence-electron chi connectivity index (χ0n) is 10.9. The normalized spacial score (nSPS) is 18.6. The highest BCUT2D eigenvalue weighted by molar-refractivity contribution is 5.65. The number of rotatable bonds is 3. The average Bonchev–Trinajstić information content (AvgIpc) is 2.73. The largest absolute Gasteiger partial charge is 0.394 e. The van der Waals surface area contributed by atoms with Crippen molar-refractivity contribution in [2.45, 2.75) is 38.2 Å². The molecule has 0 unspecified atom stereocenters. The predicted molar refractivity (Wildman–Crippen MR) is 69.0 cm³/mol. The molecule has 5 heteroatoms. The molecule has 96 valence electrons. The van der Waals surface area contributed by atoms with Gasteiger partial charge >= 0.3 is 0 Å². The Balaban J connectivity index is 2.16. The molecule has 0 saturated heterocycles. The quantitative estimate of drug-likeness (QED) is 0.826. The Kier molecular flexibility index (Phi) is 3.03. The fourth-order valence-electron chi connectivity index (χ4n) is 2.82. The van der Waals surface area contributed by atoms with Crippen LogP contribution in [-0.4, -0.2) is 34.1 Å². The van der Waals surface area contributed by atoms with Crippen LogP contribution in [0.3, 0.4) is 0 Å². The second kappa shape index (κ2) is 4.22. The van der Waals surface area contributed by atoms with E-state index in [1.807, 2.05) is 25.9 Å². The Bertz CT molecular complexity index is 407. The molecule has 1 aliphatic rings. The molecule has 1 aromatic rings. The molecule has 1 fully saturated rings. The highest BCUT2D eigenvalue weighted by Gasteiger charge is 2.33. The van der Waals surface area contributed by atoms with E-state index < -0.39 is 5.60 Å². The molecule has 1 aromatic heterocycles. The molecule has 5 nitrogen and oxygen atoms in total. The van der Waals surface area contributed by atoms with Crippen LogP contribution in [0.4, 0.5) is 11.5 Å². The molecule has 0 aromatic carbocycles. The molecule has 2 rings (SSSR count). The average molecular weight is 238 g/mol. The summed E-state index contributed by atoms with van der Waals surface area (Å²) in [6.07, 6.45) is 4.00. The summed E-state index contributed by atoms with van der Waals surface area (Å²) in [5.74, 6) is 0.892. The van der Waals surface area contributed by atoms with Crippen LogP contribution in [0.5, 0.6) is 0 Å². The summed E-state index contributed by atoms with van der Waals surface area (Å²) in [5.41, 5.74) is 7.00. The topological polar surface area (TPSA) is 67.3 Å². The van der Waals surface area contributed by atoms with Gasteiger partial charge in [-0.05, 0) is 19.8 Å². The maximum Gasteiger partial charge on any atom is 0.150 e. The fourth-order valence-corrected chi connectivity index (χ4v) is 2.82. The second-order valence-corrected chi connectivity index (χ2v) is 5.23. The first kappa shape index (κ1) is 12.2. The molecule has 1 saturated carbocycles. The van der Waals surface area contributed by atoms with Crippen molar-refractivity contribution in [3.8, 4) is 0 Å². The van der Waals surface area contributed by atoms with Gasteiger partial charge in [0.15, 0.2) is 0 Å². The number of anilines is 2. The highest BCUT2D eigenvalue weighted by atomic mass is 16.3. The fraction of sp³-hybridized carbons (Fsp3) is 0.750. The lowest BCUT2D eigenvalue weighted by Gasteiger charge is -2.30. The molecule has 1 heterocycles. The van der Waals surface area contributed by atoms with Crippen LogP contribution >= 0.6 is 0 Å². The van der Waals surface area contributed by atoms with Gasteiger partial charge in [0.2, 0.25) is 0 Å². The molecular weight excluding hydrogens is 216 g/mol. The van der Waals surface area contributed by atoms with Crippen LogP contribution in [-0.2, 0) is 7.05 Å². The lowest BCUT2D eigenvalue weighted by molar-refractivity contribution is 0.0557. The van der Waals surface area contributed by atoms with Gasteiger partial charge in [-0.25, -0.2) is 0 Å². The molecule has 0 spiro atoms. The van der Waals surface area contributed by atoms with Gasteiger partial charge in [-0.3, -0.25) is 4.68 Å². The summed E-state index contributed by atoms with van der Waals surface area (Å²) in [6, 6.07) is 0. The van der Waals surface area contributed by atoms with Gasteiger partial charge < -0.3 is 15.7 Å². The predicted octanol–water partition coefficient (Wildman–Crippen LogP) is 1.05. The van der Waals surface area contributed by atoms with Gasteiger partial charge in [0.05, 0.1) is 17.0 Å². The lowest BCUT2D eigenvalue weighted by atomic mass is 10.0. The minimum Gasteiger partial charge on any atom is -0.394 e. The van der Waals surface area contributed by atoms with Crippen LogP contribution in [0.1, 0.15) is 31.4 Å². The smallest absolute Gasteiger partial charge is 0.150 e. The summed E-state index contributed by atoms with van der Waals surface area (Å²) in [4.78, 5) is 2.01. The van der Waals surface area contributed by atoms with Crippen LogP contribution in [0.2, 0.25) is 0 Å². The van der Waals surface area contributed by atoms with Crippen LogP contribution in [0, 0.1) is 6.92 Å². The summed E-state index contributed by atoms with van der Waals surface area (Å²) in [5, 5.41) is 14.7. The van der Waals surface area contributed by atoms with E-state index in [1.165, 1.54) is 0 Å². The van der Waals surface area contributed by atoms with Crippen molar-refractivity contribution in [2.75, 3.05) is 24.2 Å². The lowest BCUT2D eigenvalue weighted by Crippen LogP contribution is -2.40. The monoisotopic (exact) mass is 238 g/mol. The molecule has 0 amide bonds. The molecule has 0 bridgehead atoms. The van der Waals surface area contributed by atoms with E-state index in [-0.39, 0.29) is 0 Å². The Morgan fingerprint density at radius 2 is 2.06 bits per heavy atom. The number of aromatic nitrogens is 2. The third-order valence-electron chi connectivity index (χ3n) is 3.66. The van der Waals surface area contributed by atoms with Gasteiger partial charge in [0.1, 0.15) is 5.82 Å². The molecule has 0 atom stereocenters. The van der Waals surface area contributed by atoms with Gasteiger partial charge in [-0.2, -0.15) is 5.10 Å². The molecule has 3 N–H and O–H groups in total. The molecule has 0 aliphatic heterocycles. The van der Waals surface area contributed by atoms with Gasteiger partial charge in [-0.1, -0.05) is 12.8 Å². The first-order chi connectivity index (χ1) is 7.93. The Morgan fingerprint density at radius 1 is 1.47 bits per heavy atom. The highest BCUT2D eigenvalue weighted by Crippen LogP contribution is 2.32. The van der Waals surface area contributed by atoms with Crippen LogP contribution < -0.4 is 10.6 Å². The van der Waals surface area contributed by atoms with Crippen molar-refractivity contribution in [1.82, 2.24) is 9.78 Å². The van der Waals surface area contributed by atoms with E-state index in [0.29, 0.717) is 12.2 Å². The SMILES string of the molecule is Cc1nn(C)c(N(C)CC2(O)CCCC2)c1N. The van der Waals surface area contributed by atoms with Crippen LogP contribution in [0.15, 0.2) is 0 Å². The van der Waals surface area contributed by atoms with E-state index in [4.69, 9.17) is 5.73 Å². The number of likely N-dealkylation sites (N-methyl/N-ethyl adjacent to an activating group) is 1. The maximum atomic E-state index is 10.4. The third kappa shape index (κ3) is 2.24. The summed E-state index contributed by atoms with van der Waals surface area (Å²) >= 11 is 0. The minimum absolute atomic E-state index is 0.556. The van der Waals surface area contributed by atoms with E-state index in [0.717, 1.165) is 37.2 Å². The number of hydrogen-bond donors (Lipinski definition) is 2. The molecule has 17 heavy (non-hydrogen) atoms. The summed E-state index contributed by atoms with van der Waals surface area (Å²) in [7, 11) is 3.84. The Morgan fingerprint density at radius 3 is 2.53 bits per heavy atom. The van der Waals surface area contributed by atoms with Crippen molar-refractivity contribution in [2.24, 2.45) is 7.05 Å². The standard InChI is InChI=1S/C12H22N4O/c1-9-10(13)11(16(3)14-9)15(2)8-12(17)6-4-5-7-12/h17H,4-8,13H2,1-3H3. The number of hydrogen-bond acceptors (Lipinski definition) is 4. The zero-order valence-corrected chi connectivity index (χ0v) is 10.9. The number of aryl methyl sites for hydroxylation is 2. The minimum atomic E-state index is -0.556. The first-order valence-electron chi connectivity index (χ1n) is 6.15. The third-order valence-corrected chi connectivity index (χ3v) is 3.66.